The van der Waals surface area contributed by atoms with Gasteiger partial charge < -0.3 is 10.1 Å². The average Bonchev–Trinajstić information content (AvgIpc) is 2.42. The minimum absolute atomic E-state index is 0. The summed E-state index contributed by atoms with van der Waals surface area (Å²) in [6.45, 7) is 11.5. The fraction of sp³-hybridized carbons (Fsp3) is 0.333. The number of benzene rings is 2. The van der Waals surface area contributed by atoms with Crippen molar-refractivity contribution in [2.24, 2.45) is 0 Å². The molecule has 0 saturated carbocycles. The van der Waals surface area contributed by atoms with Crippen LogP contribution in [0, 0.1) is 0 Å². The second-order valence-electron chi connectivity index (χ2n) is 5.97. The molecule has 0 saturated heterocycles. The standard InChI is InChI=1S/C18H23NO.ClH/c1-5-12-20-17-11-10-14-8-6-7-9-15(14)16(17)13-19-18(2,3)4;/h5-11,19H,1,12-13H2,2-4H3;1H. The van der Waals surface area contributed by atoms with Gasteiger partial charge in [0.15, 0.2) is 0 Å². The van der Waals surface area contributed by atoms with Crippen LogP contribution in [0.5, 0.6) is 5.75 Å². The van der Waals surface area contributed by atoms with E-state index in [-0.39, 0.29) is 17.9 Å². The number of rotatable bonds is 5. The van der Waals surface area contributed by atoms with E-state index in [0.29, 0.717) is 6.61 Å². The predicted octanol–water partition coefficient (Wildman–Crippen LogP) is 4.71. The number of nitrogens with one attached hydrogen (secondary N) is 1. The van der Waals surface area contributed by atoms with E-state index in [2.05, 4.69) is 63.0 Å². The first-order chi connectivity index (χ1) is 9.51. The van der Waals surface area contributed by atoms with Crippen LogP contribution in [0.1, 0.15) is 26.3 Å². The first kappa shape index (κ1) is 17.5. The van der Waals surface area contributed by atoms with Crippen LogP contribution < -0.4 is 10.1 Å². The summed E-state index contributed by atoms with van der Waals surface area (Å²) < 4.78 is 5.80. The molecule has 0 aliphatic carbocycles. The molecule has 0 bridgehead atoms. The Morgan fingerprint density at radius 1 is 1.14 bits per heavy atom. The highest BCUT2D eigenvalue weighted by molar-refractivity contribution is 5.87. The molecule has 114 valence electrons. The first-order valence-electron chi connectivity index (χ1n) is 7.00. The van der Waals surface area contributed by atoms with Gasteiger partial charge in [-0.2, -0.15) is 0 Å². The Hall–Kier alpha value is -1.51. The van der Waals surface area contributed by atoms with Crippen LogP contribution in [-0.2, 0) is 6.54 Å². The van der Waals surface area contributed by atoms with Crippen molar-refractivity contribution in [2.75, 3.05) is 6.61 Å². The van der Waals surface area contributed by atoms with E-state index in [1.165, 1.54) is 16.3 Å². The van der Waals surface area contributed by atoms with Gasteiger partial charge in [0.25, 0.3) is 0 Å². The average molecular weight is 306 g/mol. The Labute approximate surface area is 133 Å². The molecule has 0 spiro atoms. The topological polar surface area (TPSA) is 21.3 Å². The third-order valence-corrected chi connectivity index (χ3v) is 3.15. The van der Waals surface area contributed by atoms with E-state index in [4.69, 9.17) is 4.74 Å². The van der Waals surface area contributed by atoms with E-state index in [1.54, 1.807) is 6.08 Å². The third kappa shape index (κ3) is 4.76. The lowest BCUT2D eigenvalue weighted by Crippen LogP contribution is -2.35. The number of hydrogen-bond donors (Lipinski definition) is 1. The van der Waals surface area contributed by atoms with Crippen molar-refractivity contribution in [1.82, 2.24) is 5.32 Å². The number of ether oxygens (including phenoxy) is 1. The summed E-state index contributed by atoms with van der Waals surface area (Å²) in [5.74, 6) is 0.931. The molecule has 2 aromatic rings. The first-order valence-corrected chi connectivity index (χ1v) is 7.00. The van der Waals surface area contributed by atoms with Gasteiger partial charge in [0.2, 0.25) is 0 Å². The predicted molar refractivity (Wildman–Crippen MR) is 93.5 cm³/mol. The maximum absolute atomic E-state index is 5.80. The molecule has 2 nitrogen and oxygen atoms in total. The highest BCUT2D eigenvalue weighted by Crippen LogP contribution is 2.28. The fourth-order valence-electron chi connectivity index (χ4n) is 2.14. The van der Waals surface area contributed by atoms with Crippen LogP contribution in [-0.4, -0.2) is 12.1 Å². The van der Waals surface area contributed by atoms with Gasteiger partial charge >= 0.3 is 0 Å². The Morgan fingerprint density at radius 3 is 2.52 bits per heavy atom. The van der Waals surface area contributed by atoms with Crippen molar-refractivity contribution in [1.29, 1.82) is 0 Å². The second kappa shape index (κ2) is 7.48. The summed E-state index contributed by atoms with van der Waals surface area (Å²) in [6.07, 6.45) is 1.77. The van der Waals surface area contributed by atoms with Crippen molar-refractivity contribution >= 4 is 23.2 Å². The molecule has 2 rings (SSSR count). The van der Waals surface area contributed by atoms with Crippen molar-refractivity contribution < 1.29 is 4.74 Å². The molecule has 3 heteroatoms. The minimum Gasteiger partial charge on any atom is -0.489 e. The quantitative estimate of drug-likeness (QED) is 0.807. The van der Waals surface area contributed by atoms with E-state index in [9.17, 15) is 0 Å². The summed E-state index contributed by atoms with van der Waals surface area (Å²) in [6, 6.07) is 12.6. The summed E-state index contributed by atoms with van der Waals surface area (Å²) in [7, 11) is 0. The monoisotopic (exact) mass is 305 g/mol. The molecule has 0 unspecified atom stereocenters. The summed E-state index contributed by atoms with van der Waals surface area (Å²) in [4.78, 5) is 0. The lowest BCUT2D eigenvalue weighted by Gasteiger charge is -2.22. The minimum atomic E-state index is 0. The van der Waals surface area contributed by atoms with Gasteiger partial charge in [-0.05, 0) is 37.6 Å². The highest BCUT2D eigenvalue weighted by Gasteiger charge is 2.13. The molecule has 2 aromatic carbocycles. The lowest BCUT2D eigenvalue weighted by atomic mass is 10.0. The van der Waals surface area contributed by atoms with Crippen LogP contribution in [0.4, 0.5) is 0 Å². The summed E-state index contributed by atoms with van der Waals surface area (Å²) in [5, 5.41) is 6.02. The molecule has 0 aliphatic heterocycles. The van der Waals surface area contributed by atoms with Gasteiger partial charge in [-0.25, -0.2) is 0 Å². The zero-order valence-corrected chi connectivity index (χ0v) is 13.8. The summed E-state index contributed by atoms with van der Waals surface area (Å²) in [5.41, 5.74) is 1.28. The van der Waals surface area contributed by atoms with Crippen molar-refractivity contribution in [2.45, 2.75) is 32.9 Å². The lowest BCUT2D eigenvalue weighted by molar-refractivity contribution is 0.354. The van der Waals surface area contributed by atoms with Crippen LogP contribution in [0.15, 0.2) is 49.1 Å². The molecule has 0 atom stereocenters. The van der Waals surface area contributed by atoms with Gasteiger partial charge in [0, 0.05) is 17.6 Å². The summed E-state index contributed by atoms with van der Waals surface area (Å²) >= 11 is 0. The Balaban J connectivity index is 0.00000220. The maximum atomic E-state index is 5.80. The fourth-order valence-corrected chi connectivity index (χ4v) is 2.14. The zero-order valence-electron chi connectivity index (χ0n) is 13.0. The molecule has 0 fully saturated rings. The molecule has 0 heterocycles. The molecular formula is C18H24ClNO. The normalized spacial score (nSPS) is 11.0. The molecule has 0 aliphatic rings. The molecule has 0 radical (unpaired) electrons. The van der Waals surface area contributed by atoms with E-state index in [1.807, 2.05) is 6.07 Å². The SMILES string of the molecule is C=CCOc1ccc2ccccc2c1CNC(C)(C)C.Cl. The highest BCUT2D eigenvalue weighted by atomic mass is 35.5. The molecule has 0 aromatic heterocycles. The van der Waals surface area contributed by atoms with Crippen LogP contribution in [0.3, 0.4) is 0 Å². The van der Waals surface area contributed by atoms with E-state index < -0.39 is 0 Å². The van der Waals surface area contributed by atoms with Crippen molar-refractivity contribution in [3.05, 3.63) is 54.6 Å². The number of hydrogen-bond acceptors (Lipinski definition) is 2. The second-order valence-corrected chi connectivity index (χ2v) is 5.97. The van der Waals surface area contributed by atoms with Gasteiger partial charge in [-0.1, -0.05) is 43.0 Å². The largest absolute Gasteiger partial charge is 0.489 e. The van der Waals surface area contributed by atoms with Crippen molar-refractivity contribution in [3.8, 4) is 5.75 Å². The zero-order chi connectivity index (χ0) is 14.6. The smallest absolute Gasteiger partial charge is 0.124 e. The maximum Gasteiger partial charge on any atom is 0.124 e. The van der Waals surface area contributed by atoms with Gasteiger partial charge in [-0.15, -0.1) is 12.4 Å². The molecular weight excluding hydrogens is 282 g/mol. The third-order valence-electron chi connectivity index (χ3n) is 3.15. The molecule has 1 N–H and O–H groups in total. The van der Waals surface area contributed by atoms with Crippen LogP contribution in [0.25, 0.3) is 10.8 Å². The Bertz CT molecular complexity index is 602. The molecule has 0 amide bonds. The van der Waals surface area contributed by atoms with E-state index in [0.717, 1.165) is 12.3 Å². The Kier molecular flexibility index (Phi) is 6.25. The van der Waals surface area contributed by atoms with Crippen molar-refractivity contribution in [3.63, 3.8) is 0 Å². The Morgan fingerprint density at radius 2 is 1.86 bits per heavy atom. The van der Waals surface area contributed by atoms with Gasteiger partial charge in [0.05, 0.1) is 0 Å². The van der Waals surface area contributed by atoms with E-state index >= 15 is 0 Å². The molecule has 21 heavy (non-hydrogen) atoms. The van der Waals surface area contributed by atoms with Gasteiger partial charge in [-0.3, -0.25) is 0 Å². The number of halogens is 1. The number of fused-ring (bicyclic) bond motifs is 1. The van der Waals surface area contributed by atoms with Gasteiger partial charge in [0.1, 0.15) is 12.4 Å². The van der Waals surface area contributed by atoms with Crippen LogP contribution >= 0.6 is 12.4 Å². The van der Waals surface area contributed by atoms with Crippen LogP contribution in [0.2, 0.25) is 0 Å².